The number of sulfonamides is 1. The summed E-state index contributed by atoms with van der Waals surface area (Å²) in [5.41, 5.74) is 0.771. The molecule has 2 rings (SSSR count). The molecule has 0 spiro atoms. The highest BCUT2D eigenvalue weighted by Crippen LogP contribution is 2.37. The van der Waals surface area contributed by atoms with E-state index in [2.05, 4.69) is 4.72 Å². The maximum Gasteiger partial charge on any atom is 0.303 e. The van der Waals surface area contributed by atoms with Crippen molar-refractivity contribution in [3.8, 4) is 17.2 Å². The third-order valence-electron chi connectivity index (χ3n) is 3.97. The molecule has 29 heavy (non-hydrogen) atoms. The summed E-state index contributed by atoms with van der Waals surface area (Å²) in [7, 11) is -1.07. The number of methoxy groups -OCH3 is 2. The van der Waals surface area contributed by atoms with Gasteiger partial charge in [-0.15, -0.1) is 0 Å². The summed E-state index contributed by atoms with van der Waals surface area (Å²) < 4.78 is 43.9. The van der Waals surface area contributed by atoms with Crippen LogP contribution in [-0.4, -0.2) is 40.3 Å². The maximum atomic E-state index is 12.8. The third-order valence-corrected chi connectivity index (χ3v) is 5.63. The Morgan fingerprint density at radius 1 is 1.10 bits per heavy atom. The monoisotopic (exact) mass is 443 g/mol. The second-order valence-corrected chi connectivity index (χ2v) is 8.16. The van der Waals surface area contributed by atoms with Crippen molar-refractivity contribution in [2.45, 2.75) is 24.7 Å². The first-order valence-electron chi connectivity index (χ1n) is 8.57. The molecular formula is C19H22ClNO7S. The number of halogens is 1. The van der Waals surface area contributed by atoms with E-state index in [0.29, 0.717) is 23.5 Å². The Balaban J connectivity index is 2.20. The molecule has 0 bridgehead atoms. The molecule has 0 heterocycles. The van der Waals surface area contributed by atoms with Crippen molar-refractivity contribution in [3.05, 3.63) is 40.9 Å². The Hall–Kier alpha value is -2.65. The summed E-state index contributed by atoms with van der Waals surface area (Å²) in [6, 6.07) is 7.29. The fraction of sp³-hybridized carbons (Fsp3) is 0.316. The Kier molecular flexibility index (Phi) is 7.58. The SMILES string of the molecule is COc1cc(OC)c(NS(=O)(=O)c2ccc(OCCCC(=O)O)c(C)c2)cc1Cl. The zero-order chi connectivity index (χ0) is 21.6. The molecule has 2 N–H and O–H groups in total. The molecule has 0 aliphatic carbocycles. The van der Waals surface area contributed by atoms with E-state index in [4.69, 9.17) is 30.9 Å². The highest BCUT2D eigenvalue weighted by atomic mass is 35.5. The van der Waals surface area contributed by atoms with Gasteiger partial charge in [-0.2, -0.15) is 0 Å². The quantitative estimate of drug-likeness (QED) is 0.538. The molecule has 0 aliphatic heterocycles. The molecule has 0 fully saturated rings. The van der Waals surface area contributed by atoms with Gasteiger partial charge in [-0.25, -0.2) is 8.42 Å². The van der Waals surface area contributed by atoms with Gasteiger partial charge in [0.05, 0.1) is 36.4 Å². The molecule has 0 atom stereocenters. The molecule has 0 radical (unpaired) electrons. The minimum Gasteiger partial charge on any atom is -0.495 e. The van der Waals surface area contributed by atoms with Crippen molar-refractivity contribution in [1.29, 1.82) is 0 Å². The number of aliphatic carboxylic acids is 1. The highest BCUT2D eigenvalue weighted by Gasteiger charge is 2.19. The standard InChI is InChI=1S/C19H22ClNO7S/c1-12-9-13(6-7-16(12)28-8-4-5-19(22)23)29(24,25)21-15-10-14(20)17(26-2)11-18(15)27-3/h6-7,9-11,21H,4-5,8H2,1-3H3,(H,22,23). The fourth-order valence-electron chi connectivity index (χ4n) is 2.50. The maximum absolute atomic E-state index is 12.8. The lowest BCUT2D eigenvalue weighted by Gasteiger charge is -2.15. The number of carboxylic acid groups (broad SMARTS) is 1. The van der Waals surface area contributed by atoms with Crippen LogP contribution in [0.25, 0.3) is 0 Å². The Morgan fingerprint density at radius 3 is 2.38 bits per heavy atom. The van der Waals surface area contributed by atoms with Crippen LogP contribution in [0.15, 0.2) is 35.2 Å². The van der Waals surface area contributed by atoms with Crippen LogP contribution in [0, 0.1) is 6.92 Å². The van der Waals surface area contributed by atoms with Crippen molar-refractivity contribution in [2.75, 3.05) is 25.5 Å². The number of carboxylic acids is 1. The molecule has 0 saturated carbocycles. The van der Waals surface area contributed by atoms with Crippen LogP contribution >= 0.6 is 11.6 Å². The first kappa shape index (κ1) is 22.6. The average molecular weight is 444 g/mol. The lowest BCUT2D eigenvalue weighted by atomic mass is 10.2. The minimum absolute atomic E-state index is 0.00167. The van der Waals surface area contributed by atoms with Crippen LogP contribution in [0.4, 0.5) is 5.69 Å². The van der Waals surface area contributed by atoms with E-state index in [1.54, 1.807) is 6.92 Å². The number of hydrogen-bond acceptors (Lipinski definition) is 6. The van der Waals surface area contributed by atoms with Gasteiger partial charge in [0.15, 0.2) is 0 Å². The summed E-state index contributed by atoms with van der Waals surface area (Å²) in [5.74, 6) is 0.197. The van der Waals surface area contributed by atoms with Crippen LogP contribution in [0.2, 0.25) is 5.02 Å². The van der Waals surface area contributed by atoms with E-state index < -0.39 is 16.0 Å². The van der Waals surface area contributed by atoms with Crippen molar-refractivity contribution < 1.29 is 32.5 Å². The van der Waals surface area contributed by atoms with Crippen molar-refractivity contribution in [2.24, 2.45) is 0 Å². The summed E-state index contributed by atoms with van der Waals surface area (Å²) >= 11 is 6.09. The normalized spacial score (nSPS) is 11.0. The Labute approximate surface area is 174 Å². The van der Waals surface area contributed by atoms with Gasteiger partial charge in [-0.3, -0.25) is 9.52 Å². The largest absolute Gasteiger partial charge is 0.495 e. The molecular weight excluding hydrogens is 422 g/mol. The van der Waals surface area contributed by atoms with E-state index in [9.17, 15) is 13.2 Å². The van der Waals surface area contributed by atoms with Gasteiger partial charge in [0, 0.05) is 12.5 Å². The molecule has 0 aromatic heterocycles. The second kappa shape index (κ2) is 9.71. The van der Waals surface area contributed by atoms with E-state index >= 15 is 0 Å². The molecule has 0 aliphatic rings. The zero-order valence-electron chi connectivity index (χ0n) is 16.2. The number of hydrogen-bond donors (Lipinski definition) is 2. The Morgan fingerprint density at radius 2 is 1.79 bits per heavy atom. The number of ether oxygens (including phenoxy) is 3. The molecule has 10 heteroatoms. The fourth-order valence-corrected chi connectivity index (χ4v) is 3.89. The van der Waals surface area contributed by atoms with Crippen molar-refractivity contribution in [1.82, 2.24) is 0 Å². The number of carbonyl (C=O) groups is 1. The van der Waals surface area contributed by atoms with Crippen LogP contribution in [-0.2, 0) is 14.8 Å². The lowest BCUT2D eigenvalue weighted by Crippen LogP contribution is -2.14. The van der Waals surface area contributed by atoms with E-state index in [1.165, 1.54) is 44.6 Å². The Bertz CT molecular complexity index is 992. The van der Waals surface area contributed by atoms with Gasteiger partial charge in [0.2, 0.25) is 0 Å². The topological polar surface area (TPSA) is 111 Å². The molecule has 158 valence electrons. The first-order valence-corrected chi connectivity index (χ1v) is 10.4. The van der Waals surface area contributed by atoms with Gasteiger partial charge in [-0.1, -0.05) is 11.6 Å². The smallest absolute Gasteiger partial charge is 0.303 e. The zero-order valence-corrected chi connectivity index (χ0v) is 17.8. The van der Waals surface area contributed by atoms with Crippen LogP contribution in [0.3, 0.4) is 0 Å². The van der Waals surface area contributed by atoms with Gasteiger partial charge in [-0.05, 0) is 43.2 Å². The molecule has 0 unspecified atom stereocenters. The van der Waals surface area contributed by atoms with E-state index in [0.717, 1.165) is 0 Å². The van der Waals surface area contributed by atoms with Crippen LogP contribution in [0.5, 0.6) is 17.2 Å². The lowest BCUT2D eigenvalue weighted by molar-refractivity contribution is -0.137. The predicted octanol–water partition coefficient (Wildman–Crippen LogP) is 3.71. The van der Waals surface area contributed by atoms with Gasteiger partial charge in [0.25, 0.3) is 10.0 Å². The number of benzene rings is 2. The van der Waals surface area contributed by atoms with E-state index in [-0.39, 0.29) is 34.4 Å². The molecule has 2 aromatic carbocycles. The van der Waals surface area contributed by atoms with Crippen molar-refractivity contribution >= 4 is 33.3 Å². The summed E-state index contributed by atoms with van der Waals surface area (Å²) in [4.78, 5) is 10.6. The number of rotatable bonds is 10. The number of aryl methyl sites for hydroxylation is 1. The van der Waals surface area contributed by atoms with Crippen molar-refractivity contribution in [3.63, 3.8) is 0 Å². The summed E-state index contributed by atoms with van der Waals surface area (Å²) in [5, 5.41) is 8.87. The summed E-state index contributed by atoms with van der Waals surface area (Å²) in [6.07, 6.45) is 0.357. The highest BCUT2D eigenvalue weighted by molar-refractivity contribution is 7.92. The number of anilines is 1. The minimum atomic E-state index is -3.92. The van der Waals surface area contributed by atoms with E-state index in [1.807, 2.05) is 0 Å². The average Bonchev–Trinajstić information content (AvgIpc) is 2.66. The van der Waals surface area contributed by atoms with Gasteiger partial charge in [0.1, 0.15) is 17.2 Å². The van der Waals surface area contributed by atoms with Gasteiger partial charge < -0.3 is 19.3 Å². The predicted molar refractivity (Wildman–Crippen MR) is 109 cm³/mol. The third kappa shape index (κ3) is 5.91. The first-order chi connectivity index (χ1) is 13.7. The molecule has 0 saturated heterocycles. The number of nitrogens with one attached hydrogen (secondary N) is 1. The van der Waals surface area contributed by atoms with Crippen LogP contribution < -0.4 is 18.9 Å². The molecule has 8 nitrogen and oxygen atoms in total. The summed E-state index contributed by atoms with van der Waals surface area (Å²) in [6.45, 7) is 1.93. The van der Waals surface area contributed by atoms with Gasteiger partial charge >= 0.3 is 5.97 Å². The molecule has 2 aromatic rings. The molecule has 0 amide bonds. The second-order valence-electron chi connectivity index (χ2n) is 6.07. The van der Waals surface area contributed by atoms with Crippen LogP contribution in [0.1, 0.15) is 18.4 Å².